The average molecular weight is 398 g/mol. The van der Waals surface area contributed by atoms with Crippen molar-refractivity contribution in [3.63, 3.8) is 0 Å². The largest absolute Gasteiger partial charge is 0.493 e. The minimum atomic E-state index is -0.822. The molecule has 0 spiro atoms. The molecule has 1 aliphatic rings. The molecule has 3 rings (SSSR count). The van der Waals surface area contributed by atoms with E-state index in [0.717, 1.165) is 11.1 Å². The van der Waals surface area contributed by atoms with Crippen LogP contribution < -0.4 is 9.47 Å². The first-order valence-corrected chi connectivity index (χ1v) is 9.49. The van der Waals surface area contributed by atoms with E-state index in [1.54, 1.807) is 25.2 Å². The van der Waals surface area contributed by atoms with Crippen LogP contribution in [0.3, 0.4) is 0 Å². The Morgan fingerprint density at radius 2 is 1.83 bits per heavy atom. The van der Waals surface area contributed by atoms with Crippen molar-refractivity contribution in [1.82, 2.24) is 9.80 Å². The Balaban J connectivity index is 1.72. The molecule has 1 aliphatic heterocycles. The molecule has 2 aromatic rings. The summed E-state index contributed by atoms with van der Waals surface area (Å²) in [7, 11) is 3.10. The molecule has 2 aromatic carbocycles. The molecule has 0 saturated carbocycles. The summed E-state index contributed by atoms with van der Waals surface area (Å²) in [6.45, 7) is 0.476. The molecule has 29 heavy (non-hydrogen) atoms. The fraction of sp³-hybridized carbons (Fsp3) is 0.364. The maximum Gasteiger partial charge on any atom is 0.242 e. The van der Waals surface area contributed by atoms with Crippen LogP contribution in [0, 0.1) is 0 Å². The van der Waals surface area contributed by atoms with E-state index in [0.29, 0.717) is 11.5 Å². The molecule has 1 heterocycles. The van der Waals surface area contributed by atoms with Crippen LogP contribution in [0.5, 0.6) is 11.5 Å². The van der Waals surface area contributed by atoms with Crippen molar-refractivity contribution < 1.29 is 24.2 Å². The molecular weight excluding hydrogens is 372 g/mol. The van der Waals surface area contributed by atoms with Gasteiger partial charge in [0.05, 0.1) is 33.3 Å². The monoisotopic (exact) mass is 398 g/mol. The maximum atomic E-state index is 12.8. The van der Waals surface area contributed by atoms with E-state index >= 15 is 0 Å². The zero-order valence-electron chi connectivity index (χ0n) is 16.7. The minimum absolute atomic E-state index is 0.0605. The number of methoxy groups -OCH3 is 2. The van der Waals surface area contributed by atoms with E-state index in [-0.39, 0.29) is 44.4 Å². The molecule has 1 saturated heterocycles. The number of rotatable bonds is 6. The third kappa shape index (κ3) is 5.06. The van der Waals surface area contributed by atoms with E-state index in [4.69, 9.17) is 9.47 Å². The Bertz CT molecular complexity index is 856. The lowest BCUT2D eigenvalue weighted by atomic mass is 10.1. The van der Waals surface area contributed by atoms with Gasteiger partial charge in [-0.05, 0) is 11.6 Å². The Hall–Kier alpha value is -3.06. The van der Waals surface area contributed by atoms with Gasteiger partial charge < -0.3 is 24.4 Å². The first-order valence-electron chi connectivity index (χ1n) is 9.49. The number of para-hydroxylation sites is 1. The van der Waals surface area contributed by atoms with Crippen molar-refractivity contribution >= 4 is 11.8 Å². The van der Waals surface area contributed by atoms with E-state index in [1.807, 2.05) is 42.5 Å². The van der Waals surface area contributed by atoms with Gasteiger partial charge in [-0.3, -0.25) is 9.59 Å². The number of amides is 2. The van der Waals surface area contributed by atoms with Gasteiger partial charge in [0.1, 0.15) is 0 Å². The van der Waals surface area contributed by atoms with Gasteiger partial charge in [0.15, 0.2) is 11.5 Å². The molecule has 1 atom stereocenters. The predicted molar refractivity (Wildman–Crippen MR) is 108 cm³/mol. The van der Waals surface area contributed by atoms with Crippen LogP contribution >= 0.6 is 0 Å². The van der Waals surface area contributed by atoms with Crippen LogP contribution in [0.25, 0.3) is 0 Å². The summed E-state index contributed by atoms with van der Waals surface area (Å²) < 4.78 is 10.8. The van der Waals surface area contributed by atoms with Gasteiger partial charge in [0, 0.05) is 25.2 Å². The summed E-state index contributed by atoms with van der Waals surface area (Å²) in [4.78, 5) is 28.5. The van der Waals surface area contributed by atoms with Crippen LogP contribution in [-0.4, -0.2) is 66.7 Å². The average Bonchev–Trinajstić information content (AvgIpc) is 2.86. The zero-order chi connectivity index (χ0) is 20.8. The van der Waals surface area contributed by atoms with Crippen molar-refractivity contribution in [3.8, 4) is 11.5 Å². The predicted octanol–water partition coefficient (Wildman–Crippen LogP) is 1.48. The molecule has 7 heteroatoms. The Labute approximate surface area is 170 Å². The molecular formula is C22H26N2O5. The van der Waals surface area contributed by atoms with E-state index in [9.17, 15) is 14.7 Å². The normalized spacial score (nSPS) is 17.1. The molecule has 2 amide bonds. The van der Waals surface area contributed by atoms with Gasteiger partial charge in [0.25, 0.3) is 0 Å². The number of hydrogen-bond donors (Lipinski definition) is 1. The van der Waals surface area contributed by atoms with Crippen LogP contribution in [0.2, 0.25) is 0 Å². The topological polar surface area (TPSA) is 79.3 Å². The third-order valence-corrected chi connectivity index (χ3v) is 4.94. The number of carbonyl (C=O) groups excluding carboxylic acids is 2. The molecule has 0 aliphatic carbocycles. The van der Waals surface area contributed by atoms with Crippen molar-refractivity contribution in [1.29, 1.82) is 0 Å². The molecule has 154 valence electrons. The summed E-state index contributed by atoms with van der Waals surface area (Å²) >= 11 is 0. The van der Waals surface area contributed by atoms with E-state index in [2.05, 4.69) is 0 Å². The van der Waals surface area contributed by atoms with E-state index in [1.165, 1.54) is 4.90 Å². The fourth-order valence-corrected chi connectivity index (χ4v) is 3.51. The highest BCUT2D eigenvalue weighted by molar-refractivity contribution is 5.86. The maximum absolute atomic E-state index is 12.8. The number of hydrogen-bond acceptors (Lipinski definition) is 5. The van der Waals surface area contributed by atoms with Crippen molar-refractivity contribution in [2.75, 3.05) is 33.9 Å². The highest BCUT2D eigenvalue weighted by Crippen LogP contribution is 2.31. The number of β-amino-alcohol motifs (C(OH)–C–C–N with tert-alkyl or cyclic N) is 1. The summed E-state index contributed by atoms with van der Waals surface area (Å²) in [5, 5.41) is 10.4. The number of aliphatic hydroxyl groups excluding tert-OH is 1. The first-order chi connectivity index (χ1) is 14.0. The molecule has 0 bridgehead atoms. The van der Waals surface area contributed by atoms with Crippen molar-refractivity contribution in [2.24, 2.45) is 0 Å². The van der Waals surface area contributed by atoms with Gasteiger partial charge in [-0.2, -0.15) is 0 Å². The number of carbonyl (C=O) groups is 2. The highest BCUT2D eigenvalue weighted by atomic mass is 16.5. The number of benzene rings is 2. The molecule has 1 N–H and O–H groups in total. The zero-order valence-corrected chi connectivity index (χ0v) is 16.7. The van der Waals surface area contributed by atoms with Crippen LogP contribution in [0.4, 0.5) is 0 Å². The molecule has 7 nitrogen and oxygen atoms in total. The summed E-state index contributed by atoms with van der Waals surface area (Å²) in [5.74, 6) is 0.739. The fourth-order valence-electron chi connectivity index (χ4n) is 3.51. The molecule has 1 fully saturated rings. The first kappa shape index (κ1) is 20.7. The van der Waals surface area contributed by atoms with Crippen LogP contribution in [0.15, 0.2) is 48.5 Å². The molecule has 0 radical (unpaired) electrons. The van der Waals surface area contributed by atoms with Crippen LogP contribution in [-0.2, 0) is 22.6 Å². The summed E-state index contributed by atoms with van der Waals surface area (Å²) in [6.07, 6.45) is -0.623. The number of ether oxygens (including phenoxy) is 2. The van der Waals surface area contributed by atoms with Gasteiger partial charge in [-0.25, -0.2) is 0 Å². The number of nitrogens with zero attached hydrogens (tertiary/aromatic N) is 2. The van der Waals surface area contributed by atoms with Crippen molar-refractivity contribution in [3.05, 3.63) is 59.7 Å². The van der Waals surface area contributed by atoms with Crippen LogP contribution in [0.1, 0.15) is 11.1 Å². The SMILES string of the molecule is COc1cccc(CN2CC(O)CN(C(=O)Cc3ccccc3)CC2=O)c1OC. The second kappa shape index (κ2) is 9.43. The quantitative estimate of drug-likeness (QED) is 0.797. The third-order valence-electron chi connectivity index (χ3n) is 4.94. The second-order valence-corrected chi connectivity index (χ2v) is 7.02. The minimum Gasteiger partial charge on any atom is -0.493 e. The standard InChI is InChI=1S/C22H26N2O5/c1-28-19-10-6-9-17(22(19)29-2)12-23-13-18(25)14-24(15-21(23)27)20(26)11-16-7-4-3-5-8-16/h3-10,18,25H,11-15H2,1-2H3. The Morgan fingerprint density at radius 3 is 2.52 bits per heavy atom. The lowest BCUT2D eigenvalue weighted by molar-refractivity contribution is -0.138. The summed E-state index contributed by atoms with van der Waals surface area (Å²) in [5.41, 5.74) is 1.65. The van der Waals surface area contributed by atoms with Crippen molar-refractivity contribution in [2.45, 2.75) is 19.1 Å². The smallest absolute Gasteiger partial charge is 0.242 e. The van der Waals surface area contributed by atoms with Gasteiger partial charge in [0.2, 0.25) is 11.8 Å². The van der Waals surface area contributed by atoms with Gasteiger partial charge in [-0.1, -0.05) is 42.5 Å². The van der Waals surface area contributed by atoms with E-state index < -0.39 is 6.10 Å². The van der Waals surface area contributed by atoms with Gasteiger partial charge in [-0.15, -0.1) is 0 Å². The lowest BCUT2D eigenvalue weighted by Gasteiger charge is -2.23. The van der Waals surface area contributed by atoms with Gasteiger partial charge >= 0.3 is 0 Å². The molecule has 0 aromatic heterocycles. The Morgan fingerprint density at radius 1 is 1.07 bits per heavy atom. The highest BCUT2D eigenvalue weighted by Gasteiger charge is 2.30. The Kier molecular flexibility index (Phi) is 6.72. The second-order valence-electron chi connectivity index (χ2n) is 7.02. The molecule has 1 unspecified atom stereocenters. The lowest BCUT2D eigenvalue weighted by Crippen LogP contribution is -2.40. The summed E-state index contributed by atoms with van der Waals surface area (Å²) in [6, 6.07) is 14.8. The number of aliphatic hydroxyl groups is 1.